The highest BCUT2D eigenvalue weighted by Gasteiger charge is 2.23. The van der Waals surface area contributed by atoms with E-state index in [0.717, 1.165) is 0 Å². The van der Waals surface area contributed by atoms with Crippen molar-refractivity contribution in [1.82, 2.24) is 10.2 Å². The number of nitro benzene ring substituents is 1. The minimum absolute atomic E-state index is 0.133. The van der Waals surface area contributed by atoms with Crippen LogP contribution in [0.2, 0.25) is 0 Å². The maximum atomic E-state index is 11.4. The van der Waals surface area contributed by atoms with Crippen molar-refractivity contribution in [2.75, 3.05) is 13.2 Å². The lowest BCUT2D eigenvalue weighted by molar-refractivity contribution is -0.384. The standard InChI is InChI=1S/C11H13N5O5/c12-15-13-5-10(18)14-9(6-17)11(19)7-1-3-8(4-2-7)16(20)21/h1-4,9,11-12,17,19H,5-6H2/p+1/t9-,11-/m1/s1. The number of amides is 1. The van der Waals surface area contributed by atoms with Gasteiger partial charge in [0.15, 0.2) is 0 Å². The molecule has 1 amide bonds. The van der Waals surface area contributed by atoms with Gasteiger partial charge in [-0.25, -0.2) is 0 Å². The van der Waals surface area contributed by atoms with E-state index in [1.54, 1.807) is 0 Å². The largest absolute Gasteiger partial charge is 0.394 e. The lowest BCUT2D eigenvalue weighted by atomic mass is 10.0. The molecule has 1 rings (SSSR count). The van der Waals surface area contributed by atoms with E-state index < -0.39 is 36.1 Å². The Morgan fingerprint density at radius 3 is 2.57 bits per heavy atom. The number of aliphatic hydroxyl groups excluding tert-OH is 2. The molecule has 112 valence electrons. The van der Waals surface area contributed by atoms with E-state index >= 15 is 0 Å². The zero-order chi connectivity index (χ0) is 15.8. The number of aliphatic hydroxyl groups is 2. The van der Waals surface area contributed by atoms with Crippen molar-refractivity contribution in [3.63, 3.8) is 0 Å². The first kappa shape index (κ1) is 16.4. The maximum absolute atomic E-state index is 11.4. The van der Waals surface area contributed by atoms with Crippen molar-refractivity contribution in [3.8, 4) is 0 Å². The Morgan fingerprint density at radius 2 is 2.10 bits per heavy atom. The van der Waals surface area contributed by atoms with Crippen LogP contribution in [0.5, 0.6) is 0 Å². The van der Waals surface area contributed by atoms with Gasteiger partial charge in [0.1, 0.15) is 16.7 Å². The van der Waals surface area contributed by atoms with Crippen molar-refractivity contribution in [2.45, 2.75) is 12.1 Å². The highest BCUT2D eigenvalue weighted by molar-refractivity contribution is 5.78. The third-order valence-electron chi connectivity index (χ3n) is 2.65. The van der Waals surface area contributed by atoms with Crippen molar-refractivity contribution >= 4 is 11.6 Å². The SMILES string of the molecule is N=[N+]=NCC(=O)N[C@H](CO)[C@H](O)c1ccc([N+](=O)[O-])cc1. The minimum Gasteiger partial charge on any atom is -0.394 e. The van der Waals surface area contributed by atoms with E-state index in [1.165, 1.54) is 24.3 Å². The summed E-state index contributed by atoms with van der Waals surface area (Å²) in [7, 11) is 0. The second-order valence-electron chi connectivity index (χ2n) is 4.05. The Morgan fingerprint density at radius 1 is 1.48 bits per heavy atom. The van der Waals surface area contributed by atoms with E-state index in [-0.39, 0.29) is 5.69 Å². The summed E-state index contributed by atoms with van der Waals surface area (Å²) in [5.74, 6) is -0.619. The maximum Gasteiger partial charge on any atom is 0.269 e. The molecule has 0 saturated carbocycles. The molecule has 2 atom stereocenters. The van der Waals surface area contributed by atoms with E-state index in [0.29, 0.717) is 5.56 Å². The average molecular weight is 296 g/mol. The average Bonchev–Trinajstić information content (AvgIpc) is 2.50. The molecule has 1 aromatic carbocycles. The summed E-state index contributed by atoms with van der Waals surface area (Å²) in [6.07, 6.45) is -1.24. The Bertz CT molecular complexity index is 555. The van der Waals surface area contributed by atoms with Crippen LogP contribution >= 0.6 is 0 Å². The molecule has 0 fully saturated rings. The Hall–Kier alpha value is -2.68. The first-order valence-corrected chi connectivity index (χ1v) is 5.85. The topological polar surface area (TPSA) is 163 Å². The van der Waals surface area contributed by atoms with Crippen LogP contribution in [0.15, 0.2) is 29.4 Å². The molecule has 0 unspecified atom stereocenters. The van der Waals surface area contributed by atoms with E-state index in [1.807, 2.05) is 0 Å². The van der Waals surface area contributed by atoms with Gasteiger partial charge in [-0.3, -0.25) is 14.9 Å². The molecule has 1 aromatic rings. The number of nitro groups is 1. The zero-order valence-electron chi connectivity index (χ0n) is 10.8. The molecule has 4 N–H and O–H groups in total. The predicted molar refractivity (Wildman–Crippen MR) is 69.2 cm³/mol. The molecule has 0 aliphatic heterocycles. The number of hydrogen-bond donors (Lipinski definition) is 4. The van der Waals surface area contributed by atoms with E-state index in [4.69, 9.17) is 5.53 Å². The molecule has 0 radical (unpaired) electrons. The molecule has 0 bridgehead atoms. The Balaban J connectivity index is 2.77. The van der Waals surface area contributed by atoms with Gasteiger partial charge in [0.2, 0.25) is 17.4 Å². The number of carbonyl (C=O) groups is 1. The Kier molecular flexibility index (Phi) is 6.08. The highest BCUT2D eigenvalue weighted by atomic mass is 16.6. The molecule has 0 aromatic heterocycles. The van der Waals surface area contributed by atoms with Crippen LogP contribution in [-0.2, 0) is 4.79 Å². The molecule has 21 heavy (non-hydrogen) atoms. The van der Waals surface area contributed by atoms with Crippen LogP contribution in [0.25, 0.3) is 0 Å². The van der Waals surface area contributed by atoms with Crippen molar-refractivity contribution in [3.05, 3.63) is 39.9 Å². The lowest BCUT2D eigenvalue weighted by Crippen LogP contribution is -2.42. The molecule has 0 aliphatic carbocycles. The van der Waals surface area contributed by atoms with Crippen LogP contribution in [-0.4, -0.2) is 40.2 Å². The first-order valence-electron chi connectivity index (χ1n) is 5.85. The van der Waals surface area contributed by atoms with Gasteiger partial charge < -0.3 is 15.5 Å². The Labute approximate surface area is 118 Å². The van der Waals surface area contributed by atoms with Gasteiger partial charge in [-0.05, 0) is 17.7 Å². The van der Waals surface area contributed by atoms with Gasteiger partial charge in [0.25, 0.3) is 5.69 Å². The number of nitrogens with one attached hydrogen (secondary N) is 2. The monoisotopic (exact) mass is 296 g/mol. The summed E-state index contributed by atoms with van der Waals surface area (Å²) < 4.78 is 0. The third kappa shape index (κ3) is 4.73. The quantitative estimate of drug-likeness (QED) is 0.233. The molecule has 0 saturated heterocycles. The van der Waals surface area contributed by atoms with Crippen molar-refractivity contribution in [1.29, 1.82) is 5.53 Å². The van der Waals surface area contributed by atoms with Gasteiger partial charge in [0.05, 0.1) is 17.6 Å². The van der Waals surface area contributed by atoms with Crippen molar-refractivity contribution < 1.29 is 19.9 Å². The summed E-state index contributed by atoms with van der Waals surface area (Å²) >= 11 is 0. The van der Waals surface area contributed by atoms with E-state index in [9.17, 15) is 25.1 Å². The summed E-state index contributed by atoms with van der Waals surface area (Å²) in [6, 6.07) is 4.09. The summed E-state index contributed by atoms with van der Waals surface area (Å²) in [4.78, 5) is 24.0. The van der Waals surface area contributed by atoms with Gasteiger partial charge in [0, 0.05) is 12.1 Å². The van der Waals surface area contributed by atoms with Crippen molar-refractivity contribution in [2.24, 2.45) is 5.11 Å². The van der Waals surface area contributed by atoms with E-state index in [2.05, 4.69) is 15.3 Å². The first-order chi connectivity index (χ1) is 9.99. The number of carbonyl (C=O) groups excluding carboxylic acids is 1. The number of nitrogens with zero attached hydrogens (tertiary/aromatic N) is 3. The minimum atomic E-state index is -1.24. The fourth-order valence-electron chi connectivity index (χ4n) is 1.60. The number of non-ortho nitro benzene ring substituents is 1. The third-order valence-corrected chi connectivity index (χ3v) is 2.65. The normalized spacial score (nSPS) is 12.9. The van der Waals surface area contributed by atoms with Gasteiger partial charge in [-0.15, -0.1) is 0 Å². The molecular formula is C11H14N5O5+. The van der Waals surface area contributed by atoms with Crippen LogP contribution in [0.3, 0.4) is 0 Å². The predicted octanol–water partition coefficient (Wildman–Crippen LogP) is -0.344. The molecular weight excluding hydrogens is 282 g/mol. The molecule has 10 nitrogen and oxygen atoms in total. The molecule has 10 heteroatoms. The fraction of sp³-hybridized carbons (Fsp3) is 0.364. The highest BCUT2D eigenvalue weighted by Crippen LogP contribution is 2.20. The van der Waals surface area contributed by atoms with Gasteiger partial charge >= 0.3 is 0 Å². The van der Waals surface area contributed by atoms with Gasteiger partial charge in [-0.1, -0.05) is 0 Å². The van der Waals surface area contributed by atoms with Crippen LogP contribution in [0, 0.1) is 15.6 Å². The second-order valence-corrected chi connectivity index (χ2v) is 4.05. The molecule has 0 spiro atoms. The lowest BCUT2D eigenvalue weighted by Gasteiger charge is -2.21. The smallest absolute Gasteiger partial charge is 0.269 e. The summed E-state index contributed by atoms with van der Waals surface area (Å²) in [5, 5.41) is 35.3. The summed E-state index contributed by atoms with van der Waals surface area (Å²) in [6.45, 7) is -0.936. The number of benzene rings is 1. The molecule has 0 aliphatic rings. The van der Waals surface area contributed by atoms with Crippen LogP contribution < -0.4 is 10.2 Å². The number of rotatable bonds is 7. The molecule has 0 heterocycles. The fourth-order valence-corrected chi connectivity index (χ4v) is 1.60. The van der Waals surface area contributed by atoms with Crippen LogP contribution in [0.1, 0.15) is 11.7 Å². The zero-order valence-corrected chi connectivity index (χ0v) is 10.8. The second kappa shape index (κ2) is 7.80. The number of hydrogen-bond acceptors (Lipinski definition) is 7. The van der Waals surface area contributed by atoms with Gasteiger partial charge in [-0.2, -0.15) is 0 Å². The van der Waals surface area contributed by atoms with Crippen LogP contribution in [0.4, 0.5) is 5.69 Å². The summed E-state index contributed by atoms with van der Waals surface area (Å²) in [5.41, 5.74) is 6.60.